The Labute approximate surface area is 247 Å². The van der Waals surface area contributed by atoms with Crippen LogP contribution in [0.15, 0.2) is 59.7 Å². The Balaban J connectivity index is 1.10. The fraction of sp³-hybridized carbons (Fsp3) is 0.344. The summed E-state index contributed by atoms with van der Waals surface area (Å²) in [6.45, 7) is 3.91. The molecule has 2 aliphatic carbocycles. The van der Waals surface area contributed by atoms with Crippen LogP contribution >= 0.6 is 11.3 Å². The molecule has 42 heavy (non-hydrogen) atoms. The van der Waals surface area contributed by atoms with Crippen LogP contribution in [0.4, 0.5) is 27.3 Å². The van der Waals surface area contributed by atoms with E-state index in [4.69, 9.17) is 0 Å². The van der Waals surface area contributed by atoms with Crippen LogP contribution in [0.2, 0.25) is 0 Å². The number of anilines is 4. The van der Waals surface area contributed by atoms with Crippen LogP contribution in [0.1, 0.15) is 51.2 Å². The molecular formula is C32H33FN6O2S. The van der Waals surface area contributed by atoms with Gasteiger partial charge in [-0.3, -0.25) is 9.59 Å². The first kappa shape index (κ1) is 26.9. The minimum Gasteiger partial charge on any atom is -0.368 e. The summed E-state index contributed by atoms with van der Waals surface area (Å²) in [6.07, 6.45) is 7.12. The number of aryl methyl sites for hydroxylation is 1. The van der Waals surface area contributed by atoms with E-state index in [2.05, 4.69) is 32.5 Å². The van der Waals surface area contributed by atoms with Gasteiger partial charge in [0.1, 0.15) is 17.3 Å². The number of amides is 1. The van der Waals surface area contributed by atoms with Gasteiger partial charge in [0.2, 0.25) is 0 Å². The van der Waals surface area contributed by atoms with Crippen molar-refractivity contribution in [2.24, 2.45) is 7.05 Å². The molecule has 7 rings (SSSR count). The van der Waals surface area contributed by atoms with E-state index in [-0.39, 0.29) is 17.2 Å². The highest BCUT2D eigenvalue weighted by Crippen LogP contribution is 2.55. The number of nitrogens with one attached hydrogen (secondary N) is 2. The molecule has 4 heterocycles. The number of likely N-dealkylation sites (N-methyl/N-ethyl adjacent to an activating group) is 1. The highest BCUT2D eigenvalue weighted by molar-refractivity contribution is 7.14. The average molecular weight is 585 g/mol. The molecule has 2 fully saturated rings. The molecular weight excluding hydrogens is 551 g/mol. The van der Waals surface area contributed by atoms with E-state index in [1.807, 2.05) is 24.4 Å². The van der Waals surface area contributed by atoms with Crippen molar-refractivity contribution in [1.82, 2.24) is 14.5 Å². The van der Waals surface area contributed by atoms with E-state index in [1.54, 1.807) is 42.8 Å². The first-order valence-electron chi connectivity index (χ1n) is 14.4. The quantitative estimate of drug-likeness (QED) is 0.300. The van der Waals surface area contributed by atoms with E-state index in [1.165, 1.54) is 40.3 Å². The van der Waals surface area contributed by atoms with Gasteiger partial charge in [0.15, 0.2) is 0 Å². The minimum atomic E-state index is -0.510. The Kier molecular flexibility index (Phi) is 6.82. The van der Waals surface area contributed by atoms with Crippen molar-refractivity contribution in [1.29, 1.82) is 0 Å². The molecule has 0 unspecified atom stereocenters. The molecule has 1 aliphatic heterocycles. The van der Waals surface area contributed by atoms with Crippen molar-refractivity contribution in [3.63, 3.8) is 0 Å². The molecule has 2 N–H and O–H groups in total. The summed E-state index contributed by atoms with van der Waals surface area (Å²) in [4.78, 5) is 37.2. The average Bonchev–Trinajstić information content (AvgIpc) is 3.72. The van der Waals surface area contributed by atoms with E-state index in [9.17, 15) is 14.0 Å². The molecule has 3 aromatic heterocycles. The summed E-state index contributed by atoms with van der Waals surface area (Å²) >= 11 is 1.54. The molecule has 0 radical (unpaired) electrons. The van der Waals surface area contributed by atoms with E-state index in [0.29, 0.717) is 39.3 Å². The lowest BCUT2D eigenvalue weighted by Gasteiger charge is -2.33. The number of nitrogens with zero attached hydrogens (tertiary/aromatic N) is 4. The van der Waals surface area contributed by atoms with Gasteiger partial charge in [-0.25, -0.2) is 9.37 Å². The van der Waals surface area contributed by atoms with Crippen LogP contribution in [-0.4, -0.2) is 53.6 Å². The van der Waals surface area contributed by atoms with Gasteiger partial charge in [-0.2, -0.15) is 0 Å². The Bertz CT molecular complexity index is 1700. The lowest BCUT2D eigenvalue weighted by atomic mass is 9.99. The third-order valence-corrected chi connectivity index (χ3v) is 10.2. The number of carbonyl (C=O) groups is 1. The SMILES string of the molecule is CN1CCN(c2ccc(Nc3cc(-c4ccc(F)c(NC(=O)c5cc6c(s5)[C@@H]5CC[C@@H]6C5)c4)cn(C)c3=O)nc2)CC1. The molecule has 4 aromatic rings. The maximum absolute atomic E-state index is 14.9. The normalized spacial score (nSPS) is 19.6. The molecule has 0 spiro atoms. The Hall–Kier alpha value is -4.02. The number of hydrogen-bond acceptors (Lipinski definition) is 7. The van der Waals surface area contributed by atoms with Crippen LogP contribution in [0.3, 0.4) is 0 Å². The second kappa shape index (κ2) is 10.7. The largest absolute Gasteiger partial charge is 0.368 e. The molecule has 10 heteroatoms. The zero-order chi connectivity index (χ0) is 29.0. The zero-order valence-corrected chi connectivity index (χ0v) is 24.5. The lowest BCUT2D eigenvalue weighted by Crippen LogP contribution is -2.44. The highest BCUT2D eigenvalue weighted by Gasteiger charge is 2.39. The monoisotopic (exact) mass is 584 g/mol. The van der Waals surface area contributed by atoms with Crippen molar-refractivity contribution in [2.75, 3.05) is 48.8 Å². The van der Waals surface area contributed by atoms with Crippen LogP contribution < -0.4 is 21.1 Å². The molecule has 216 valence electrons. The number of carbonyl (C=O) groups excluding carboxylic acids is 1. The van der Waals surface area contributed by atoms with Gasteiger partial charge in [0.05, 0.1) is 22.4 Å². The van der Waals surface area contributed by atoms with Crippen LogP contribution in [-0.2, 0) is 7.05 Å². The lowest BCUT2D eigenvalue weighted by molar-refractivity contribution is 0.103. The van der Waals surface area contributed by atoms with Crippen molar-refractivity contribution in [3.05, 3.63) is 86.3 Å². The predicted molar refractivity (Wildman–Crippen MR) is 166 cm³/mol. The van der Waals surface area contributed by atoms with Crippen molar-refractivity contribution in [3.8, 4) is 11.1 Å². The summed E-state index contributed by atoms with van der Waals surface area (Å²) in [5, 5.41) is 5.94. The summed E-state index contributed by atoms with van der Waals surface area (Å²) in [6, 6.07) is 12.2. The number of hydrogen-bond donors (Lipinski definition) is 2. The molecule has 2 atom stereocenters. The third-order valence-electron chi connectivity index (χ3n) is 8.87. The third kappa shape index (κ3) is 4.98. The smallest absolute Gasteiger partial charge is 0.274 e. The number of pyridine rings is 2. The van der Waals surface area contributed by atoms with Crippen molar-refractivity contribution < 1.29 is 9.18 Å². The number of rotatable bonds is 6. The Morgan fingerprint density at radius 3 is 2.52 bits per heavy atom. The van der Waals surface area contributed by atoms with Gasteiger partial charge in [-0.1, -0.05) is 6.07 Å². The van der Waals surface area contributed by atoms with Crippen LogP contribution in [0, 0.1) is 5.82 Å². The van der Waals surface area contributed by atoms with Crippen molar-refractivity contribution >= 4 is 40.1 Å². The maximum atomic E-state index is 14.9. The van der Waals surface area contributed by atoms with Crippen molar-refractivity contribution in [2.45, 2.75) is 31.1 Å². The standard InChI is InChI=1S/C32H33FN6O2S/c1-37-9-11-39(12-10-37)23-6-8-29(34-17-23)35-27-15-22(18-38(2)32(27)41)19-5-7-25(33)26(14-19)36-31(40)28-16-24-20-3-4-21(13-20)30(24)42-28/h5-8,14-18,20-21H,3-4,9-13H2,1-2H3,(H,34,35)(H,36,40)/t20-,21-/m1/s1. The summed E-state index contributed by atoms with van der Waals surface area (Å²) in [7, 11) is 3.80. The number of thiophene rings is 1. The second-order valence-corrected chi connectivity index (χ2v) is 12.7. The molecule has 8 nitrogen and oxygen atoms in total. The van der Waals surface area contributed by atoms with Crippen LogP contribution in [0.25, 0.3) is 11.1 Å². The number of halogens is 1. The topological polar surface area (TPSA) is 82.5 Å². The summed E-state index contributed by atoms with van der Waals surface area (Å²) in [5.74, 6) is 0.906. The molecule has 3 aliphatic rings. The first-order chi connectivity index (χ1) is 20.3. The number of fused-ring (bicyclic) bond motifs is 5. The molecule has 1 saturated carbocycles. The number of benzene rings is 1. The maximum Gasteiger partial charge on any atom is 0.274 e. The molecule has 1 saturated heterocycles. The summed E-state index contributed by atoms with van der Waals surface area (Å²) < 4.78 is 16.3. The van der Waals surface area contributed by atoms with E-state index < -0.39 is 5.82 Å². The Morgan fingerprint density at radius 2 is 1.76 bits per heavy atom. The van der Waals surface area contributed by atoms with Crippen LogP contribution in [0.5, 0.6) is 0 Å². The van der Waals surface area contributed by atoms with E-state index in [0.717, 1.165) is 31.9 Å². The van der Waals surface area contributed by atoms with Gasteiger partial charge in [-0.15, -0.1) is 11.3 Å². The predicted octanol–water partition coefficient (Wildman–Crippen LogP) is 5.76. The van der Waals surface area contributed by atoms with Gasteiger partial charge < -0.3 is 25.0 Å². The molecule has 2 bridgehead atoms. The minimum absolute atomic E-state index is 0.110. The van der Waals surface area contributed by atoms with E-state index >= 15 is 0 Å². The number of piperazine rings is 1. The fourth-order valence-electron chi connectivity index (χ4n) is 6.46. The molecule has 1 amide bonds. The number of aromatic nitrogens is 2. The summed E-state index contributed by atoms with van der Waals surface area (Å²) in [5.41, 5.74) is 4.00. The zero-order valence-electron chi connectivity index (χ0n) is 23.7. The van der Waals surface area contributed by atoms with Gasteiger partial charge in [0.25, 0.3) is 11.5 Å². The highest BCUT2D eigenvalue weighted by atomic mass is 32.1. The van der Waals surface area contributed by atoms with Gasteiger partial charge in [-0.05, 0) is 85.7 Å². The van der Waals surface area contributed by atoms with Gasteiger partial charge >= 0.3 is 0 Å². The fourth-order valence-corrected chi connectivity index (χ4v) is 7.76. The first-order valence-corrected chi connectivity index (χ1v) is 15.3. The second-order valence-electron chi connectivity index (χ2n) is 11.7. The Morgan fingerprint density at radius 1 is 0.976 bits per heavy atom. The van der Waals surface area contributed by atoms with Gasteiger partial charge in [0, 0.05) is 49.9 Å². The molecule has 1 aromatic carbocycles.